The van der Waals surface area contributed by atoms with Crippen LogP contribution in [0, 0.1) is 0 Å². The Morgan fingerprint density at radius 2 is 1.81 bits per heavy atom. The second-order valence-electron chi connectivity index (χ2n) is 4.50. The molecule has 2 rings (SSSR count). The van der Waals surface area contributed by atoms with Crippen LogP contribution in [0.1, 0.15) is 5.56 Å². The SMILES string of the molecule is O=C(/C=C/c1ccc(OC(F)F)cc1OC(F)F)Oc1cccnc1Br. The molecule has 0 fully saturated rings. The molecule has 0 saturated heterocycles. The summed E-state index contributed by atoms with van der Waals surface area (Å²) < 4.78 is 63.1. The second-order valence-corrected chi connectivity index (χ2v) is 5.25. The summed E-state index contributed by atoms with van der Waals surface area (Å²) in [6.45, 7) is -6.31. The van der Waals surface area contributed by atoms with Gasteiger partial charge in [0.05, 0.1) is 0 Å². The summed E-state index contributed by atoms with van der Waals surface area (Å²) in [6.07, 6.45) is 3.57. The molecule has 5 nitrogen and oxygen atoms in total. The van der Waals surface area contributed by atoms with Crippen LogP contribution in [0.5, 0.6) is 17.2 Å². The number of carbonyl (C=O) groups excluding carboxylic acids is 1. The zero-order valence-electron chi connectivity index (χ0n) is 12.7. The number of hydrogen-bond acceptors (Lipinski definition) is 5. The number of nitrogens with zero attached hydrogens (tertiary/aromatic N) is 1. The zero-order chi connectivity index (χ0) is 19.1. The lowest BCUT2D eigenvalue weighted by Gasteiger charge is -2.11. The summed E-state index contributed by atoms with van der Waals surface area (Å²) in [4.78, 5) is 15.7. The Bertz CT molecular complexity index is 802. The van der Waals surface area contributed by atoms with E-state index >= 15 is 0 Å². The summed E-state index contributed by atoms with van der Waals surface area (Å²) >= 11 is 3.10. The van der Waals surface area contributed by atoms with Gasteiger partial charge in [-0.3, -0.25) is 0 Å². The maximum Gasteiger partial charge on any atom is 0.387 e. The van der Waals surface area contributed by atoms with Gasteiger partial charge in [0.25, 0.3) is 0 Å². The average Bonchev–Trinajstić information content (AvgIpc) is 2.55. The first-order chi connectivity index (χ1) is 12.3. The first kappa shape index (κ1) is 19.7. The van der Waals surface area contributed by atoms with Gasteiger partial charge < -0.3 is 14.2 Å². The lowest BCUT2D eigenvalue weighted by atomic mass is 10.1. The highest BCUT2D eigenvalue weighted by molar-refractivity contribution is 9.10. The van der Waals surface area contributed by atoms with E-state index in [0.717, 1.165) is 24.3 Å². The van der Waals surface area contributed by atoms with Gasteiger partial charge in [0.15, 0.2) is 5.75 Å². The van der Waals surface area contributed by atoms with Gasteiger partial charge in [0.1, 0.15) is 16.1 Å². The highest BCUT2D eigenvalue weighted by atomic mass is 79.9. The van der Waals surface area contributed by atoms with E-state index in [1.165, 1.54) is 18.3 Å². The number of hydrogen-bond donors (Lipinski definition) is 0. The number of benzene rings is 1. The number of aromatic nitrogens is 1. The van der Waals surface area contributed by atoms with Crippen LogP contribution >= 0.6 is 15.9 Å². The minimum atomic E-state index is -3.19. The van der Waals surface area contributed by atoms with Gasteiger partial charge in [-0.15, -0.1) is 0 Å². The van der Waals surface area contributed by atoms with Crippen molar-refractivity contribution < 1.29 is 36.6 Å². The third-order valence-corrected chi connectivity index (χ3v) is 3.36. The number of pyridine rings is 1. The average molecular weight is 436 g/mol. The Morgan fingerprint density at radius 1 is 1.08 bits per heavy atom. The minimum Gasteiger partial charge on any atom is -0.435 e. The molecular weight excluding hydrogens is 426 g/mol. The maximum atomic E-state index is 12.5. The Kier molecular flexibility index (Phi) is 6.96. The first-order valence-corrected chi connectivity index (χ1v) is 7.68. The normalized spacial score (nSPS) is 11.2. The third kappa shape index (κ3) is 6.03. The van der Waals surface area contributed by atoms with E-state index in [9.17, 15) is 22.4 Å². The summed E-state index contributed by atoms with van der Waals surface area (Å²) in [6, 6.07) is 6.20. The minimum absolute atomic E-state index is 0.0362. The number of carbonyl (C=O) groups is 1. The Morgan fingerprint density at radius 3 is 2.46 bits per heavy atom. The van der Waals surface area contributed by atoms with Crippen LogP contribution < -0.4 is 14.2 Å². The Labute approximate surface area is 153 Å². The first-order valence-electron chi connectivity index (χ1n) is 6.89. The van der Waals surface area contributed by atoms with Crippen LogP contribution in [0.15, 0.2) is 47.2 Å². The van der Waals surface area contributed by atoms with Crippen LogP contribution in [0.2, 0.25) is 0 Å². The molecule has 0 atom stereocenters. The second kappa shape index (κ2) is 9.18. The van der Waals surface area contributed by atoms with Crippen molar-refractivity contribution in [2.45, 2.75) is 13.2 Å². The number of rotatable bonds is 7. The smallest absolute Gasteiger partial charge is 0.387 e. The summed E-state index contributed by atoms with van der Waals surface area (Å²) in [5, 5.41) is 0. The van der Waals surface area contributed by atoms with E-state index in [-0.39, 0.29) is 17.1 Å². The van der Waals surface area contributed by atoms with Crippen molar-refractivity contribution >= 4 is 28.0 Å². The maximum absolute atomic E-state index is 12.5. The lowest BCUT2D eigenvalue weighted by Crippen LogP contribution is -2.06. The van der Waals surface area contributed by atoms with Gasteiger partial charge in [0, 0.05) is 23.9 Å². The molecule has 0 radical (unpaired) electrons. The molecule has 0 amide bonds. The summed E-state index contributed by atoms with van der Waals surface area (Å²) in [5.74, 6) is -1.46. The Hall–Kier alpha value is -2.62. The van der Waals surface area contributed by atoms with Crippen LogP contribution in [0.25, 0.3) is 6.08 Å². The van der Waals surface area contributed by atoms with E-state index in [1.807, 2.05) is 0 Å². The van der Waals surface area contributed by atoms with Crippen molar-refractivity contribution in [1.82, 2.24) is 4.98 Å². The van der Waals surface area contributed by atoms with Gasteiger partial charge in [-0.25, -0.2) is 9.78 Å². The standard InChI is InChI=1S/C16H10BrF4NO4/c17-14-11(2-1-7-22-14)25-13(23)6-4-9-3-5-10(24-15(18)19)8-12(9)26-16(20)21/h1-8,15-16H/b6-4+. The lowest BCUT2D eigenvalue weighted by molar-refractivity contribution is -0.129. The fraction of sp³-hybridized carbons (Fsp3) is 0.125. The molecular formula is C16H10BrF4NO4. The van der Waals surface area contributed by atoms with Gasteiger partial charge in [-0.05, 0) is 46.3 Å². The molecule has 0 aliphatic rings. The van der Waals surface area contributed by atoms with Crippen LogP contribution in [-0.2, 0) is 4.79 Å². The highest BCUT2D eigenvalue weighted by Gasteiger charge is 2.13. The van der Waals surface area contributed by atoms with E-state index in [2.05, 4.69) is 30.4 Å². The molecule has 0 saturated carbocycles. The van der Waals surface area contributed by atoms with Crippen molar-refractivity contribution in [3.63, 3.8) is 0 Å². The monoisotopic (exact) mass is 435 g/mol. The van der Waals surface area contributed by atoms with Gasteiger partial charge in [-0.1, -0.05) is 0 Å². The fourth-order valence-corrected chi connectivity index (χ4v) is 2.11. The molecule has 0 aliphatic heterocycles. The largest absolute Gasteiger partial charge is 0.435 e. The summed E-state index contributed by atoms with van der Waals surface area (Å²) in [7, 11) is 0. The molecule has 1 aromatic carbocycles. The molecule has 138 valence electrons. The van der Waals surface area contributed by atoms with Crippen LogP contribution in [-0.4, -0.2) is 24.2 Å². The van der Waals surface area contributed by atoms with Crippen molar-refractivity contribution in [2.75, 3.05) is 0 Å². The predicted octanol–water partition coefficient (Wildman–Crippen LogP) is 4.67. The van der Waals surface area contributed by atoms with Gasteiger partial charge >= 0.3 is 19.2 Å². The van der Waals surface area contributed by atoms with Crippen molar-refractivity contribution in [3.05, 3.63) is 52.8 Å². The molecule has 0 bridgehead atoms. The van der Waals surface area contributed by atoms with Gasteiger partial charge in [0.2, 0.25) is 0 Å². The van der Waals surface area contributed by atoms with Crippen LogP contribution in [0.4, 0.5) is 17.6 Å². The molecule has 1 aromatic heterocycles. The molecule has 10 heteroatoms. The summed E-state index contributed by atoms with van der Waals surface area (Å²) in [5.41, 5.74) is 0.0362. The fourth-order valence-electron chi connectivity index (χ4n) is 1.77. The van der Waals surface area contributed by atoms with E-state index < -0.39 is 24.9 Å². The highest BCUT2D eigenvalue weighted by Crippen LogP contribution is 2.28. The number of ether oxygens (including phenoxy) is 3. The molecule has 26 heavy (non-hydrogen) atoms. The molecule has 1 heterocycles. The molecule has 0 N–H and O–H groups in total. The number of alkyl halides is 4. The zero-order valence-corrected chi connectivity index (χ0v) is 14.3. The molecule has 0 unspecified atom stereocenters. The predicted molar refractivity (Wildman–Crippen MR) is 86.3 cm³/mol. The van der Waals surface area contributed by atoms with E-state index in [1.54, 1.807) is 6.07 Å². The van der Waals surface area contributed by atoms with E-state index in [0.29, 0.717) is 4.60 Å². The van der Waals surface area contributed by atoms with Crippen molar-refractivity contribution in [3.8, 4) is 17.2 Å². The molecule has 0 spiro atoms. The molecule has 2 aromatic rings. The van der Waals surface area contributed by atoms with Crippen molar-refractivity contribution in [1.29, 1.82) is 0 Å². The number of halogens is 5. The molecule has 0 aliphatic carbocycles. The quantitative estimate of drug-likeness (QED) is 0.274. The number of esters is 1. The Balaban J connectivity index is 2.17. The topological polar surface area (TPSA) is 57.7 Å². The van der Waals surface area contributed by atoms with Crippen LogP contribution in [0.3, 0.4) is 0 Å². The van der Waals surface area contributed by atoms with Gasteiger partial charge in [-0.2, -0.15) is 17.6 Å². The third-order valence-electron chi connectivity index (χ3n) is 2.76. The van der Waals surface area contributed by atoms with E-state index in [4.69, 9.17) is 4.74 Å². The van der Waals surface area contributed by atoms with Crippen molar-refractivity contribution in [2.24, 2.45) is 0 Å².